The van der Waals surface area contributed by atoms with E-state index in [1.54, 1.807) is 5.57 Å². The molecule has 14 heavy (non-hydrogen) atoms. The number of halogens is 2. The maximum Gasteiger partial charge on any atom is -1.00 e. The SMILES string of the molecule is CCCC1=CC[C]([Zr+2][SiH](C)C)=C1.[Cl-].[Cl-]. The standard InChI is InChI=1S/C8H11.C2H7Si.2ClH.Zr/c1-2-5-8-6-3-4-7-8;1-3-2;;;/h6-7H,2-3,5H2,1H3;3H,1-2H3;2*1H;/q;;;;+2/p-2. The van der Waals surface area contributed by atoms with E-state index < -0.39 is 0 Å². The van der Waals surface area contributed by atoms with E-state index in [1.807, 2.05) is 3.28 Å². The van der Waals surface area contributed by atoms with Crippen molar-refractivity contribution in [2.75, 3.05) is 0 Å². The maximum absolute atomic E-state index is 2.52. The molecule has 80 valence electrons. The van der Waals surface area contributed by atoms with Gasteiger partial charge in [-0.2, -0.15) is 0 Å². The van der Waals surface area contributed by atoms with Gasteiger partial charge in [0.25, 0.3) is 0 Å². The summed E-state index contributed by atoms with van der Waals surface area (Å²) in [6, 6.07) is 0. The van der Waals surface area contributed by atoms with Crippen LogP contribution in [0.2, 0.25) is 13.1 Å². The molecule has 1 rings (SSSR count). The summed E-state index contributed by atoms with van der Waals surface area (Å²) in [7, 11) is 0. The summed E-state index contributed by atoms with van der Waals surface area (Å²) in [5.41, 5.74) is 1.63. The van der Waals surface area contributed by atoms with E-state index >= 15 is 0 Å². The van der Waals surface area contributed by atoms with Crippen LogP contribution in [0.5, 0.6) is 0 Å². The zero-order valence-corrected chi connectivity index (χ0v) is 14.2. The first-order valence-corrected chi connectivity index (χ1v) is 13.3. The smallest absolute Gasteiger partial charge is 1.00 e. The molecule has 0 aliphatic heterocycles. The van der Waals surface area contributed by atoms with Crippen molar-refractivity contribution in [2.45, 2.75) is 39.3 Å². The molecule has 0 aromatic carbocycles. The largest absolute Gasteiger partial charge is 1.00 e. The molecule has 0 aromatic heterocycles. The zero-order valence-electron chi connectivity index (χ0n) is 9.11. The Hall–Kier alpha value is 1.16. The van der Waals surface area contributed by atoms with Gasteiger partial charge in [0.2, 0.25) is 0 Å². The Morgan fingerprint density at radius 3 is 2.50 bits per heavy atom. The minimum absolute atomic E-state index is 0. The van der Waals surface area contributed by atoms with Crippen LogP contribution in [0, 0.1) is 0 Å². The van der Waals surface area contributed by atoms with E-state index in [4.69, 9.17) is 0 Å². The molecule has 0 atom stereocenters. The van der Waals surface area contributed by atoms with Crippen LogP contribution >= 0.6 is 0 Å². The van der Waals surface area contributed by atoms with Crippen molar-refractivity contribution in [3.8, 4) is 0 Å². The van der Waals surface area contributed by atoms with Crippen molar-refractivity contribution in [1.82, 2.24) is 0 Å². The van der Waals surface area contributed by atoms with Crippen LogP contribution in [0.25, 0.3) is 0 Å². The molecule has 0 bridgehead atoms. The fourth-order valence-electron chi connectivity index (χ4n) is 1.52. The first-order valence-electron chi connectivity index (χ1n) is 4.88. The summed E-state index contributed by atoms with van der Waals surface area (Å²) >= 11 is -0.0468. The van der Waals surface area contributed by atoms with Crippen LogP contribution in [0.1, 0.15) is 26.2 Å². The van der Waals surface area contributed by atoms with Gasteiger partial charge in [-0.15, -0.1) is 0 Å². The van der Waals surface area contributed by atoms with E-state index in [0.29, 0.717) is 0 Å². The molecule has 0 heterocycles. The summed E-state index contributed by atoms with van der Waals surface area (Å²) in [5, 5.41) is 0. The monoisotopic (exact) mass is 326 g/mol. The van der Waals surface area contributed by atoms with Gasteiger partial charge in [0, 0.05) is 0 Å². The first-order chi connectivity index (χ1) is 5.72. The Labute approximate surface area is 113 Å². The second-order valence-corrected chi connectivity index (χ2v) is 18.5. The molecule has 0 N–H and O–H groups in total. The number of hydrogen-bond acceptors (Lipinski definition) is 0. The van der Waals surface area contributed by atoms with Crippen LogP contribution in [0.3, 0.4) is 0 Å². The average molecular weight is 328 g/mol. The molecule has 0 unspecified atom stereocenters. The topological polar surface area (TPSA) is 0 Å². The maximum atomic E-state index is 2.52. The average Bonchev–Trinajstić information content (AvgIpc) is 2.36. The second kappa shape index (κ2) is 9.39. The van der Waals surface area contributed by atoms with E-state index in [-0.39, 0.29) is 53.1 Å². The molecular weight excluding hydrogens is 310 g/mol. The molecule has 1 aliphatic rings. The van der Waals surface area contributed by atoms with Crippen molar-refractivity contribution < 1.29 is 47.2 Å². The molecule has 1 aliphatic carbocycles. The minimum atomic E-state index is -0.203. The molecule has 0 fully saturated rings. The number of hydrogen-bond donors (Lipinski definition) is 0. The van der Waals surface area contributed by atoms with Crippen LogP contribution in [0.15, 0.2) is 21.0 Å². The Morgan fingerprint density at radius 2 is 2.00 bits per heavy atom. The van der Waals surface area contributed by atoms with Gasteiger partial charge in [-0.05, 0) is 0 Å². The van der Waals surface area contributed by atoms with Crippen LogP contribution in [-0.2, 0) is 22.4 Å². The zero-order chi connectivity index (χ0) is 8.97. The minimum Gasteiger partial charge on any atom is -1.00 e. The summed E-state index contributed by atoms with van der Waals surface area (Å²) in [4.78, 5) is 0. The first kappa shape index (κ1) is 17.6. The summed E-state index contributed by atoms with van der Waals surface area (Å²) in [6.45, 7) is 7.28. The van der Waals surface area contributed by atoms with Gasteiger partial charge < -0.3 is 24.8 Å². The molecule has 0 spiro atoms. The summed E-state index contributed by atoms with van der Waals surface area (Å²) in [5.74, 6) is -0.203. The van der Waals surface area contributed by atoms with E-state index in [1.165, 1.54) is 19.3 Å². The van der Waals surface area contributed by atoms with Crippen molar-refractivity contribution in [2.24, 2.45) is 0 Å². The van der Waals surface area contributed by atoms with Gasteiger partial charge in [-0.25, -0.2) is 0 Å². The molecule has 0 radical (unpaired) electrons. The van der Waals surface area contributed by atoms with Gasteiger partial charge in [-0.1, -0.05) is 0 Å². The van der Waals surface area contributed by atoms with Crippen molar-refractivity contribution in [3.05, 3.63) is 21.0 Å². The Balaban J connectivity index is 0. The van der Waals surface area contributed by atoms with Crippen molar-refractivity contribution >= 4 is 5.92 Å². The summed E-state index contributed by atoms with van der Waals surface area (Å²) < 4.78 is 1.86. The van der Waals surface area contributed by atoms with Gasteiger partial charge in [-0.3, -0.25) is 0 Å². The fraction of sp³-hybridized carbons (Fsp3) is 0.600. The van der Waals surface area contributed by atoms with Gasteiger partial charge >= 0.3 is 88.6 Å². The third-order valence-corrected chi connectivity index (χ3v) is 10.8. The van der Waals surface area contributed by atoms with Crippen LogP contribution in [-0.4, -0.2) is 5.92 Å². The molecule has 0 amide bonds. The van der Waals surface area contributed by atoms with Crippen molar-refractivity contribution in [3.63, 3.8) is 0 Å². The van der Waals surface area contributed by atoms with E-state index in [2.05, 4.69) is 32.2 Å². The third kappa shape index (κ3) is 6.61. The molecule has 0 saturated heterocycles. The van der Waals surface area contributed by atoms with Crippen LogP contribution in [0.4, 0.5) is 0 Å². The molecule has 0 nitrogen and oxygen atoms in total. The van der Waals surface area contributed by atoms with Gasteiger partial charge in [0.15, 0.2) is 0 Å². The van der Waals surface area contributed by atoms with Gasteiger partial charge in [0.05, 0.1) is 0 Å². The number of rotatable bonds is 4. The summed E-state index contributed by atoms with van der Waals surface area (Å²) in [6.07, 6.45) is 8.91. The predicted octanol–water partition coefficient (Wildman–Crippen LogP) is -2.93. The van der Waals surface area contributed by atoms with E-state index in [0.717, 1.165) is 0 Å². The third-order valence-electron chi connectivity index (χ3n) is 1.96. The quantitative estimate of drug-likeness (QED) is 0.485. The van der Waals surface area contributed by atoms with Crippen molar-refractivity contribution in [1.29, 1.82) is 0 Å². The second-order valence-electron chi connectivity index (χ2n) is 3.70. The Morgan fingerprint density at radius 1 is 1.36 bits per heavy atom. The van der Waals surface area contributed by atoms with Crippen LogP contribution < -0.4 is 24.8 Å². The normalized spacial score (nSPS) is 13.7. The Bertz CT molecular complexity index is 212. The molecule has 0 aromatic rings. The number of allylic oxidation sites excluding steroid dienone is 4. The van der Waals surface area contributed by atoms with E-state index in [9.17, 15) is 0 Å². The molecule has 4 heteroatoms. The Kier molecular flexibility index (Phi) is 11.8. The molecular formula is C10H18Cl2SiZr. The fourth-order valence-corrected chi connectivity index (χ4v) is 10.1. The predicted molar refractivity (Wildman–Crippen MR) is 54.6 cm³/mol. The molecule has 0 saturated carbocycles. The van der Waals surface area contributed by atoms with Gasteiger partial charge in [0.1, 0.15) is 0 Å².